The van der Waals surface area contributed by atoms with Crippen LogP contribution in [0.15, 0.2) is 36.5 Å². The molecule has 7 heteroatoms. The summed E-state index contributed by atoms with van der Waals surface area (Å²) in [6.07, 6.45) is 2.75. The summed E-state index contributed by atoms with van der Waals surface area (Å²) in [5, 5.41) is 14.7. The highest BCUT2D eigenvalue weighted by Gasteiger charge is 2.31. The van der Waals surface area contributed by atoms with E-state index in [0.717, 1.165) is 30.9 Å². The van der Waals surface area contributed by atoms with E-state index in [2.05, 4.69) is 20.9 Å². The van der Waals surface area contributed by atoms with Gasteiger partial charge in [0.15, 0.2) is 0 Å². The summed E-state index contributed by atoms with van der Waals surface area (Å²) in [6.45, 7) is 5.56. The number of carbonyl (C=O) groups excluding carboxylic acids is 1. The van der Waals surface area contributed by atoms with Gasteiger partial charge < -0.3 is 10.6 Å². The second kappa shape index (κ2) is 7.10. The summed E-state index contributed by atoms with van der Waals surface area (Å²) < 4.78 is 1.72. The number of halogens is 1. The standard InChI is InChI=1S/C16H21N5O.ClH/c1-16(2,18-15(22)12-8-9-17-10-12)14-11-21(20-19-14)13-6-4-3-5-7-13;/h3-7,11-12,17H,8-10H2,1-2H3,(H,18,22);1H. The maximum absolute atomic E-state index is 12.3. The van der Waals surface area contributed by atoms with Crippen LogP contribution in [0.3, 0.4) is 0 Å². The maximum Gasteiger partial charge on any atom is 0.225 e. The topological polar surface area (TPSA) is 71.8 Å². The number of para-hydroxylation sites is 1. The van der Waals surface area contributed by atoms with Crippen LogP contribution in [0.1, 0.15) is 26.0 Å². The molecule has 1 aromatic carbocycles. The van der Waals surface area contributed by atoms with Gasteiger partial charge in [-0.15, -0.1) is 17.5 Å². The van der Waals surface area contributed by atoms with Gasteiger partial charge in [-0.05, 0) is 38.9 Å². The lowest BCUT2D eigenvalue weighted by atomic mass is 9.99. The maximum atomic E-state index is 12.3. The van der Waals surface area contributed by atoms with E-state index in [9.17, 15) is 4.79 Å². The Morgan fingerprint density at radius 1 is 1.35 bits per heavy atom. The third-order valence-corrected chi connectivity index (χ3v) is 4.02. The van der Waals surface area contributed by atoms with E-state index in [1.54, 1.807) is 4.68 Å². The van der Waals surface area contributed by atoms with Crippen molar-refractivity contribution in [2.75, 3.05) is 13.1 Å². The molecule has 1 atom stereocenters. The van der Waals surface area contributed by atoms with Crippen molar-refractivity contribution in [1.29, 1.82) is 0 Å². The van der Waals surface area contributed by atoms with Gasteiger partial charge in [-0.2, -0.15) is 0 Å². The van der Waals surface area contributed by atoms with Gasteiger partial charge in [0.2, 0.25) is 5.91 Å². The molecule has 1 unspecified atom stereocenters. The van der Waals surface area contributed by atoms with Crippen molar-refractivity contribution in [3.63, 3.8) is 0 Å². The zero-order valence-corrected chi connectivity index (χ0v) is 14.1. The number of hydrogen-bond donors (Lipinski definition) is 2. The molecular weight excluding hydrogens is 314 g/mol. The molecule has 2 heterocycles. The number of hydrogen-bond acceptors (Lipinski definition) is 4. The number of benzene rings is 1. The zero-order chi connectivity index (χ0) is 15.6. The molecule has 3 rings (SSSR count). The molecule has 2 N–H and O–H groups in total. The monoisotopic (exact) mass is 335 g/mol. The predicted molar refractivity (Wildman–Crippen MR) is 90.8 cm³/mol. The molecule has 0 radical (unpaired) electrons. The molecule has 1 aliphatic heterocycles. The van der Waals surface area contributed by atoms with Gasteiger partial charge in [-0.1, -0.05) is 23.4 Å². The van der Waals surface area contributed by atoms with Crippen molar-refractivity contribution in [1.82, 2.24) is 25.6 Å². The van der Waals surface area contributed by atoms with Crippen LogP contribution < -0.4 is 10.6 Å². The first kappa shape index (κ1) is 17.4. The van der Waals surface area contributed by atoms with E-state index in [-0.39, 0.29) is 24.2 Å². The number of nitrogens with one attached hydrogen (secondary N) is 2. The molecule has 2 aromatic rings. The fourth-order valence-electron chi connectivity index (χ4n) is 2.61. The highest BCUT2D eigenvalue weighted by molar-refractivity contribution is 5.85. The first-order chi connectivity index (χ1) is 10.6. The van der Waals surface area contributed by atoms with E-state index < -0.39 is 5.54 Å². The van der Waals surface area contributed by atoms with Crippen LogP contribution in [0.4, 0.5) is 0 Å². The lowest BCUT2D eigenvalue weighted by Crippen LogP contribution is -2.44. The van der Waals surface area contributed by atoms with E-state index in [0.29, 0.717) is 0 Å². The SMILES string of the molecule is CC(C)(NC(=O)C1CCNC1)c1cn(-c2ccccc2)nn1.Cl. The smallest absolute Gasteiger partial charge is 0.225 e. The van der Waals surface area contributed by atoms with Gasteiger partial charge >= 0.3 is 0 Å². The minimum Gasteiger partial charge on any atom is -0.345 e. The number of amides is 1. The molecule has 1 aromatic heterocycles. The Bertz CT molecular complexity index is 650. The second-order valence-corrected chi connectivity index (χ2v) is 6.19. The average molecular weight is 336 g/mol. The Morgan fingerprint density at radius 3 is 2.74 bits per heavy atom. The van der Waals surface area contributed by atoms with Crippen molar-refractivity contribution < 1.29 is 4.79 Å². The van der Waals surface area contributed by atoms with Crippen LogP contribution in [0.5, 0.6) is 0 Å². The van der Waals surface area contributed by atoms with Gasteiger partial charge in [-0.3, -0.25) is 4.79 Å². The molecule has 6 nitrogen and oxygen atoms in total. The van der Waals surface area contributed by atoms with Crippen LogP contribution in [0.2, 0.25) is 0 Å². The molecule has 23 heavy (non-hydrogen) atoms. The highest BCUT2D eigenvalue weighted by Crippen LogP contribution is 2.20. The third kappa shape index (κ3) is 3.89. The van der Waals surface area contributed by atoms with Crippen LogP contribution in [0.25, 0.3) is 5.69 Å². The summed E-state index contributed by atoms with van der Waals surface area (Å²) in [4.78, 5) is 12.3. The van der Waals surface area contributed by atoms with Crippen LogP contribution in [0, 0.1) is 5.92 Å². The fraction of sp³-hybridized carbons (Fsp3) is 0.438. The Hall–Kier alpha value is -1.92. The summed E-state index contributed by atoms with van der Waals surface area (Å²) in [6, 6.07) is 9.80. The van der Waals surface area contributed by atoms with E-state index >= 15 is 0 Å². The molecule has 0 aliphatic carbocycles. The van der Waals surface area contributed by atoms with Crippen molar-refractivity contribution in [2.45, 2.75) is 25.8 Å². The lowest BCUT2D eigenvalue weighted by molar-refractivity contribution is -0.126. The summed E-state index contributed by atoms with van der Waals surface area (Å²) in [5.41, 5.74) is 1.14. The van der Waals surface area contributed by atoms with Gasteiger partial charge in [0.1, 0.15) is 5.69 Å². The van der Waals surface area contributed by atoms with Gasteiger partial charge in [0.05, 0.1) is 23.3 Å². The number of rotatable bonds is 4. The first-order valence-corrected chi connectivity index (χ1v) is 7.57. The first-order valence-electron chi connectivity index (χ1n) is 7.57. The quantitative estimate of drug-likeness (QED) is 0.891. The third-order valence-electron chi connectivity index (χ3n) is 4.02. The van der Waals surface area contributed by atoms with Gasteiger partial charge in [0, 0.05) is 6.54 Å². The Labute approximate surface area is 142 Å². The molecule has 0 saturated carbocycles. The predicted octanol–water partition coefficient (Wildman–Crippen LogP) is 1.65. The van der Waals surface area contributed by atoms with Crippen molar-refractivity contribution in [2.24, 2.45) is 5.92 Å². The molecule has 1 aliphatic rings. The van der Waals surface area contributed by atoms with E-state index in [4.69, 9.17) is 0 Å². The largest absolute Gasteiger partial charge is 0.345 e. The van der Waals surface area contributed by atoms with Gasteiger partial charge in [0.25, 0.3) is 0 Å². The summed E-state index contributed by atoms with van der Waals surface area (Å²) >= 11 is 0. The van der Waals surface area contributed by atoms with Crippen LogP contribution >= 0.6 is 12.4 Å². The minimum absolute atomic E-state index is 0. The van der Waals surface area contributed by atoms with E-state index in [1.807, 2.05) is 50.4 Å². The second-order valence-electron chi connectivity index (χ2n) is 6.19. The minimum atomic E-state index is -0.549. The Balaban J connectivity index is 0.00000192. The summed E-state index contributed by atoms with van der Waals surface area (Å²) in [5.74, 6) is 0.118. The normalized spacial score (nSPS) is 17.6. The van der Waals surface area contributed by atoms with Crippen molar-refractivity contribution in [3.05, 3.63) is 42.2 Å². The Kier molecular flexibility index (Phi) is 5.38. The Morgan fingerprint density at radius 2 is 2.09 bits per heavy atom. The molecular formula is C16H22ClN5O. The van der Waals surface area contributed by atoms with Crippen molar-refractivity contribution in [3.8, 4) is 5.69 Å². The molecule has 124 valence electrons. The average Bonchev–Trinajstić information content (AvgIpc) is 3.20. The molecule has 0 bridgehead atoms. The molecule has 1 fully saturated rings. The molecule has 1 amide bonds. The lowest BCUT2D eigenvalue weighted by Gasteiger charge is -2.25. The summed E-state index contributed by atoms with van der Waals surface area (Å²) in [7, 11) is 0. The van der Waals surface area contributed by atoms with Crippen molar-refractivity contribution >= 4 is 18.3 Å². The molecule has 0 spiro atoms. The van der Waals surface area contributed by atoms with Crippen LogP contribution in [-0.2, 0) is 10.3 Å². The van der Waals surface area contributed by atoms with Crippen LogP contribution in [-0.4, -0.2) is 34.0 Å². The number of nitrogens with zero attached hydrogens (tertiary/aromatic N) is 3. The van der Waals surface area contributed by atoms with Gasteiger partial charge in [-0.25, -0.2) is 4.68 Å². The number of aromatic nitrogens is 3. The number of carbonyl (C=O) groups is 1. The highest BCUT2D eigenvalue weighted by atomic mass is 35.5. The zero-order valence-electron chi connectivity index (χ0n) is 13.3. The van der Waals surface area contributed by atoms with E-state index in [1.165, 1.54) is 0 Å². The fourth-order valence-corrected chi connectivity index (χ4v) is 2.61. The molecule has 1 saturated heterocycles.